The van der Waals surface area contributed by atoms with E-state index in [9.17, 15) is 4.79 Å². The van der Waals surface area contributed by atoms with Gasteiger partial charge in [-0.1, -0.05) is 54.6 Å². The van der Waals surface area contributed by atoms with Crippen molar-refractivity contribution in [2.75, 3.05) is 21.3 Å². The molecule has 0 spiro atoms. The first-order valence-electron chi connectivity index (χ1n) is 9.59. The average Bonchev–Trinajstić information content (AvgIpc) is 2.80. The minimum atomic E-state index is -0.422. The van der Waals surface area contributed by atoms with Crippen LogP contribution in [0, 0.1) is 0 Å². The number of carbonyl (C=O) groups excluding carboxylic acids is 1. The fourth-order valence-corrected chi connectivity index (χ4v) is 3.85. The van der Waals surface area contributed by atoms with Crippen molar-refractivity contribution < 1.29 is 19.0 Å². The van der Waals surface area contributed by atoms with Gasteiger partial charge in [-0.05, 0) is 39.8 Å². The molecule has 30 heavy (non-hydrogen) atoms. The van der Waals surface area contributed by atoms with E-state index in [-0.39, 0.29) is 0 Å². The maximum absolute atomic E-state index is 11.7. The Hall–Kier alpha value is -3.79. The highest BCUT2D eigenvalue weighted by molar-refractivity contribution is 6.11. The van der Waals surface area contributed by atoms with E-state index < -0.39 is 5.97 Å². The highest BCUT2D eigenvalue weighted by Gasteiger charge is 2.20. The maximum Gasteiger partial charge on any atom is 0.330 e. The van der Waals surface area contributed by atoms with Crippen LogP contribution in [0.4, 0.5) is 0 Å². The van der Waals surface area contributed by atoms with Gasteiger partial charge in [-0.25, -0.2) is 4.79 Å². The fraction of sp³-hybridized carbons (Fsp3) is 0.115. The van der Waals surface area contributed by atoms with Crippen LogP contribution in [0.25, 0.3) is 38.7 Å². The predicted molar refractivity (Wildman–Crippen MR) is 121 cm³/mol. The molecule has 0 aromatic heterocycles. The van der Waals surface area contributed by atoms with E-state index in [0.717, 1.165) is 44.0 Å². The molecule has 0 N–H and O–H groups in total. The third kappa shape index (κ3) is 3.37. The Morgan fingerprint density at radius 1 is 0.767 bits per heavy atom. The molecule has 150 valence electrons. The van der Waals surface area contributed by atoms with E-state index in [0.29, 0.717) is 5.75 Å². The van der Waals surface area contributed by atoms with Crippen LogP contribution in [0.5, 0.6) is 11.5 Å². The first kappa shape index (κ1) is 19.5. The molecule has 0 saturated carbocycles. The van der Waals surface area contributed by atoms with E-state index in [2.05, 4.69) is 18.2 Å². The van der Waals surface area contributed by atoms with Gasteiger partial charge in [0.1, 0.15) is 11.5 Å². The summed E-state index contributed by atoms with van der Waals surface area (Å²) < 4.78 is 16.4. The Kier molecular flexibility index (Phi) is 5.40. The maximum atomic E-state index is 11.7. The lowest BCUT2D eigenvalue weighted by Gasteiger charge is -2.19. The summed E-state index contributed by atoms with van der Waals surface area (Å²) in [5.74, 6) is 1.00. The lowest BCUT2D eigenvalue weighted by Crippen LogP contribution is -1.98. The van der Waals surface area contributed by atoms with E-state index in [1.807, 2.05) is 48.5 Å². The summed E-state index contributed by atoms with van der Waals surface area (Å²) in [7, 11) is 4.67. The first-order chi connectivity index (χ1) is 14.7. The Morgan fingerprint density at radius 3 is 2.10 bits per heavy atom. The second-order valence-electron chi connectivity index (χ2n) is 6.82. The highest BCUT2D eigenvalue weighted by Crippen LogP contribution is 2.47. The molecule has 4 aromatic carbocycles. The van der Waals surface area contributed by atoms with Crippen LogP contribution < -0.4 is 9.47 Å². The molecule has 0 radical (unpaired) electrons. The van der Waals surface area contributed by atoms with Crippen molar-refractivity contribution in [2.45, 2.75) is 0 Å². The topological polar surface area (TPSA) is 44.8 Å². The van der Waals surface area contributed by atoms with Gasteiger partial charge in [0.25, 0.3) is 0 Å². The lowest BCUT2D eigenvalue weighted by atomic mass is 9.90. The third-order valence-electron chi connectivity index (χ3n) is 5.20. The minimum Gasteiger partial charge on any atom is -0.496 e. The predicted octanol–water partition coefficient (Wildman–Crippen LogP) is 5.86. The number of rotatable bonds is 5. The number of fused-ring (bicyclic) bond motifs is 2. The first-order valence-corrected chi connectivity index (χ1v) is 9.59. The van der Waals surface area contributed by atoms with Crippen molar-refractivity contribution in [3.63, 3.8) is 0 Å². The lowest BCUT2D eigenvalue weighted by molar-refractivity contribution is -0.134. The highest BCUT2D eigenvalue weighted by atomic mass is 16.5. The molecule has 4 nitrogen and oxygen atoms in total. The fourth-order valence-electron chi connectivity index (χ4n) is 3.85. The third-order valence-corrected chi connectivity index (χ3v) is 5.20. The zero-order valence-electron chi connectivity index (χ0n) is 17.1. The van der Waals surface area contributed by atoms with Gasteiger partial charge in [0.05, 0.1) is 21.3 Å². The summed E-state index contributed by atoms with van der Waals surface area (Å²) in [6, 6.07) is 22.3. The van der Waals surface area contributed by atoms with Crippen molar-refractivity contribution in [2.24, 2.45) is 0 Å². The molecule has 0 unspecified atom stereocenters. The summed E-state index contributed by atoms with van der Waals surface area (Å²) >= 11 is 0. The van der Waals surface area contributed by atoms with Crippen LogP contribution in [0.3, 0.4) is 0 Å². The molecule has 0 saturated heterocycles. The molecule has 0 atom stereocenters. The molecule has 0 fully saturated rings. The standard InChI is InChI=1S/C26H22O4/c1-28-22-14-12-17-8-4-6-10-20(17)24(22)25-21-11-7-5-9-18(21)16-19(26(25)30-3)13-15-23(27)29-2/h4-16H,1-3H3/b15-13+. The van der Waals surface area contributed by atoms with Gasteiger partial charge in [0, 0.05) is 22.8 Å². The van der Waals surface area contributed by atoms with Gasteiger partial charge in [-0.2, -0.15) is 0 Å². The summed E-state index contributed by atoms with van der Waals surface area (Å²) in [5, 5.41) is 4.25. The summed E-state index contributed by atoms with van der Waals surface area (Å²) in [6.07, 6.45) is 3.12. The Balaban J connectivity index is 2.15. The second kappa shape index (κ2) is 8.29. The molecule has 0 aliphatic heterocycles. The van der Waals surface area contributed by atoms with Gasteiger partial charge >= 0.3 is 5.97 Å². The number of benzene rings is 4. The molecule has 4 heteroatoms. The quantitative estimate of drug-likeness (QED) is 0.312. The number of hydrogen-bond donors (Lipinski definition) is 0. The van der Waals surface area contributed by atoms with E-state index in [4.69, 9.17) is 14.2 Å². The largest absolute Gasteiger partial charge is 0.496 e. The van der Waals surface area contributed by atoms with Crippen LogP contribution in [0.1, 0.15) is 5.56 Å². The molecular weight excluding hydrogens is 376 g/mol. The van der Waals surface area contributed by atoms with Crippen molar-refractivity contribution in [3.8, 4) is 22.6 Å². The van der Waals surface area contributed by atoms with Crippen LogP contribution in [0.15, 0.2) is 72.8 Å². The van der Waals surface area contributed by atoms with Crippen molar-refractivity contribution in [1.82, 2.24) is 0 Å². The monoisotopic (exact) mass is 398 g/mol. The molecule has 0 amide bonds. The molecule has 0 aliphatic carbocycles. The zero-order valence-corrected chi connectivity index (χ0v) is 17.1. The number of esters is 1. The SMILES string of the molecule is COC(=O)/C=C/c1cc2ccccc2c(-c2c(OC)ccc3ccccc23)c1OC. The molecule has 4 rings (SSSR count). The molecule has 0 bridgehead atoms. The van der Waals surface area contributed by atoms with Crippen molar-refractivity contribution >= 4 is 33.6 Å². The van der Waals surface area contributed by atoms with Gasteiger partial charge in [0.15, 0.2) is 0 Å². The number of ether oxygens (including phenoxy) is 3. The van der Waals surface area contributed by atoms with Crippen LogP contribution >= 0.6 is 0 Å². The van der Waals surface area contributed by atoms with E-state index in [1.165, 1.54) is 13.2 Å². The van der Waals surface area contributed by atoms with Gasteiger partial charge in [-0.3, -0.25) is 0 Å². The number of methoxy groups -OCH3 is 3. The van der Waals surface area contributed by atoms with E-state index >= 15 is 0 Å². The Bertz CT molecular complexity index is 1270. The van der Waals surface area contributed by atoms with Crippen LogP contribution in [0.2, 0.25) is 0 Å². The minimum absolute atomic E-state index is 0.422. The van der Waals surface area contributed by atoms with Gasteiger partial charge < -0.3 is 14.2 Å². The van der Waals surface area contributed by atoms with Crippen LogP contribution in [-0.4, -0.2) is 27.3 Å². The average molecular weight is 398 g/mol. The Labute approximate surface area is 175 Å². The smallest absolute Gasteiger partial charge is 0.330 e. The zero-order chi connectivity index (χ0) is 21.1. The molecule has 0 heterocycles. The second-order valence-corrected chi connectivity index (χ2v) is 6.82. The van der Waals surface area contributed by atoms with E-state index in [1.54, 1.807) is 20.3 Å². The molecule has 4 aromatic rings. The summed E-state index contributed by atoms with van der Waals surface area (Å²) in [6.45, 7) is 0. The normalized spacial score (nSPS) is 11.2. The number of hydrogen-bond acceptors (Lipinski definition) is 4. The summed E-state index contributed by atoms with van der Waals surface area (Å²) in [5.41, 5.74) is 2.66. The van der Waals surface area contributed by atoms with Gasteiger partial charge in [-0.15, -0.1) is 0 Å². The van der Waals surface area contributed by atoms with Gasteiger partial charge in [0.2, 0.25) is 0 Å². The Morgan fingerprint density at radius 2 is 1.43 bits per heavy atom. The molecular formula is C26H22O4. The van der Waals surface area contributed by atoms with Crippen LogP contribution in [-0.2, 0) is 9.53 Å². The van der Waals surface area contributed by atoms with Crippen molar-refractivity contribution in [1.29, 1.82) is 0 Å². The summed E-state index contributed by atoms with van der Waals surface area (Å²) in [4.78, 5) is 11.7. The number of carbonyl (C=O) groups is 1. The molecule has 0 aliphatic rings. The van der Waals surface area contributed by atoms with Crippen molar-refractivity contribution in [3.05, 3.63) is 78.4 Å².